The van der Waals surface area contributed by atoms with Crippen LogP contribution < -0.4 is 4.74 Å². The number of carbonyl (C=O) groups is 1. The van der Waals surface area contributed by atoms with E-state index in [2.05, 4.69) is 20.9 Å². The minimum absolute atomic E-state index is 0.0229. The maximum atomic E-state index is 12.1. The maximum Gasteiger partial charge on any atom is 0.260 e. The molecule has 1 aliphatic heterocycles. The van der Waals surface area contributed by atoms with Gasteiger partial charge in [0.25, 0.3) is 5.91 Å². The highest BCUT2D eigenvalue weighted by atomic mass is 79.9. The molecule has 1 aliphatic rings. The lowest BCUT2D eigenvalue weighted by Gasteiger charge is -2.26. The Labute approximate surface area is 161 Å². The fourth-order valence-corrected chi connectivity index (χ4v) is 3.13. The zero-order valence-electron chi connectivity index (χ0n) is 14.7. The second-order valence-corrected chi connectivity index (χ2v) is 6.92. The average Bonchev–Trinajstić information content (AvgIpc) is 2.66. The average molecular weight is 417 g/mol. The summed E-state index contributed by atoms with van der Waals surface area (Å²) in [5.74, 6) is 0.615. The van der Waals surface area contributed by atoms with Gasteiger partial charge in [0.15, 0.2) is 6.61 Å². The molecule has 0 unspecified atom stereocenters. The number of nitrogens with zero attached hydrogens (tertiary/aromatic N) is 2. The number of carbonyl (C=O) groups excluding carboxylic acids is 1. The number of amides is 1. The topological polar surface area (TPSA) is 51.1 Å². The van der Waals surface area contributed by atoms with Gasteiger partial charge in [-0.05, 0) is 64.3 Å². The lowest BCUT2D eigenvalue weighted by molar-refractivity contribution is -0.137. The Bertz CT molecular complexity index is 801. The Morgan fingerprint density at radius 3 is 2.81 bits per heavy atom. The van der Waals surface area contributed by atoms with Crippen molar-refractivity contribution in [2.45, 2.75) is 6.92 Å². The van der Waals surface area contributed by atoms with Crippen LogP contribution in [-0.2, 0) is 9.53 Å². The van der Waals surface area contributed by atoms with E-state index in [4.69, 9.17) is 9.47 Å². The van der Waals surface area contributed by atoms with Gasteiger partial charge in [-0.3, -0.25) is 9.79 Å². The van der Waals surface area contributed by atoms with Gasteiger partial charge < -0.3 is 14.4 Å². The Morgan fingerprint density at radius 2 is 2.08 bits per heavy atom. The molecule has 2 aromatic rings. The van der Waals surface area contributed by atoms with E-state index < -0.39 is 0 Å². The minimum atomic E-state index is -0.0229. The van der Waals surface area contributed by atoms with Crippen LogP contribution in [0.1, 0.15) is 11.1 Å². The summed E-state index contributed by atoms with van der Waals surface area (Å²) >= 11 is 3.50. The van der Waals surface area contributed by atoms with E-state index in [0.717, 1.165) is 15.7 Å². The van der Waals surface area contributed by atoms with Crippen molar-refractivity contribution >= 4 is 33.7 Å². The molecular weight excluding hydrogens is 396 g/mol. The quantitative estimate of drug-likeness (QED) is 0.697. The van der Waals surface area contributed by atoms with Crippen LogP contribution in [0.3, 0.4) is 0 Å². The minimum Gasteiger partial charge on any atom is -0.483 e. The van der Waals surface area contributed by atoms with Crippen molar-refractivity contribution in [3.63, 3.8) is 0 Å². The van der Waals surface area contributed by atoms with E-state index in [9.17, 15) is 4.79 Å². The number of benzene rings is 2. The summed E-state index contributed by atoms with van der Waals surface area (Å²) in [4.78, 5) is 18.4. The number of halogens is 1. The first-order valence-corrected chi connectivity index (χ1v) is 9.30. The van der Waals surface area contributed by atoms with E-state index in [-0.39, 0.29) is 12.5 Å². The van der Waals surface area contributed by atoms with Crippen LogP contribution in [0, 0.1) is 6.92 Å². The summed E-state index contributed by atoms with van der Waals surface area (Å²) < 4.78 is 11.7. The summed E-state index contributed by atoms with van der Waals surface area (Å²) in [6.07, 6.45) is 1.81. The summed E-state index contributed by atoms with van der Waals surface area (Å²) in [6.45, 7) is 4.49. The van der Waals surface area contributed by atoms with Gasteiger partial charge in [-0.25, -0.2) is 0 Å². The molecule has 0 spiro atoms. The van der Waals surface area contributed by atoms with Gasteiger partial charge >= 0.3 is 0 Å². The van der Waals surface area contributed by atoms with Crippen molar-refractivity contribution in [1.82, 2.24) is 4.90 Å². The predicted octanol–water partition coefficient (Wildman–Crippen LogP) is 3.75. The molecule has 3 rings (SSSR count). The molecular formula is C20H21BrN2O3. The lowest BCUT2D eigenvalue weighted by atomic mass is 10.2. The lowest BCUT2D eigenvalue weighted by Crippen LogP contribution is -2.43. The number of aliphatic imine (C=N–C) groups is 1. The second-order valence-electron chi connectivity index (χ2n) is 6.07. The van der Waals surface area contributed by atoms with Gasteiger partial charge in [0.2, 0.25) is 0 Å². The molecule has 2 aromatic carbocycles. The summed E-state index contributed by atoms with van der Waals surface area (Å²) in [5.41, 5.74) is 3.04. The summed E-state index contributed by atoms with van der Waals surface area (Å²) in [7, 11) is 0. The SMILES string of the molecule is Cc1cccc(N=Cc2ccc(OCC(=O)N3CCOCC3)c(Br)c2)c1. The van der Waals surface area contributed by atoms with Crippen LogP contribution in [0.15, 0.2) is 51.9 Å². The first-order chi connectivity index (χ1) is 12.6. The zero-order chi connectivity index (χ0) is 18.4. The normalized spacial score (nSPS) is 14.6. The van der Waals surface area contributed by atoms with E-state index in [1.165, 1.54) is 5.56 Å². The highest BCUT2D eigenvalue weighted by Crippen LogP contribution is 2.26. The second kappa shape index (κ2) is 8.96. The van der Waals surface area contributed by atoms with E-state index >= 15 is 0 Å². The van der Waals surface area contributed by atoms with Crippen LogP contribution in [0.5, 0.6) is 5.75 Å². The number of hydrogen-bond donors (Lipinski definition) is 0. The molecule has 26 heavy (non-hydrogen) atoms. The molecule has 6 heteroatoms. The molecule has 5 nitrogen and oxygen atoms in total. The van der Waals surface area contributed by atoms with Crippen LogP contribution in [0.2, 0.25) is 0 Å². The Balaban J connectivity index is 1.59. The standard InChI is InChI=1S/C20H21BrN2O3/c1-15-3-2-4-17(11-15)22-13-16-5-6-19(18(21)12-16)26-14-20(24)23-7-9-25-10-8-23/h2-6,11-13H,7-10,14H2,1H3. The van der Waals surface area contributed by atoms with Crippen LogP contribution in [0.25, 0.3) is 0 Å². The number of rotatable bonds is 5. The third-order valence-electron chi connectivity index (χ3n) is 4.04. The molecule has 0 aliphatic carbocycles. The molecule has 0 bridgehead atoms. The number of hydrogen-bond acceptors (Lipinski definition) is 4. The van der Waals surface area contributed by atoms with E-state index in [1.807, 2.05) is 55.6 Å². The fourth-order valence-electron chi connectivity index (χ4n) is 2.62. The van der Waals surface area contributed by atoms with Gasteiger partial charge in [-0.1, -0.05) is 12.1 Å². The third kappa shape index (κ3) is 5.16. The van der Waals surface area contributed by atoms with Crippen LogP contribution in [0.4, 0.5) is 5.69 Å². The molecule has 0 N–H and O–H groups in total. The van der Waals surface area contributed by atoms with Crippen molar-refractivity contribution in [1.29, 1.82) is 0 Å². The largest absolute Gasteiger partial charge is 0.483 e. The summed E-state index contributed by atoms with van der Waals surface area (Å²) in [6, 6.07) is 13.7. The Kier molecular flexibility index (Phi) is 6.41. The number of ether oxygens (including phenoxy) is 2. The molecule has 1 heterocycles. The molecule has 0 aromatic heterocycles. The monoisotopic (exact) mass is 416 g/mol. The molecule has 136 valence electrons. The number of aryl methyl sites for hydroxylation is 1. The third-order valence-corrected chi connectivity index (χ3v) is 4.65. The van der Waals surface area contributed by atoms with Crippen molar-refractivity contribution in [3.8, 4) is 5.75 Å². The maximum absolute atomic E-state index is 12.1. The van der Waals surface area contributed by atoms with E-state index in [0.29, 0.717) is 32.1 Å². The van der Waals surface area contributed by atoms with Gasteiger partial charge in [0.1, 0.15) is 5.75 Å². The van der Waals surface area contributed by atoms with Crippen LogP contribution in [-0.4, -0.2) is 49.9 Å². The number of morpholine rings is 1. The van der Waals surface area contributed by atoms with Gasteiger partial charge in [-0.2, -0.15) is 0 Å². The molecule has 1 amide bonds. The van der Waals surface area contributed by atoms with Crippen LogP contribution >= 0.6 is 15.9 Å². The van der Waals surface area contributed by atoms with Crippen molar-refractivity contribution in [2.24, 2.45) is 4.99 Å². The van der Waals surface area contributed by atoms with Crippen molar-refractivity contribution in [2.75, 3.05) is 32.9 Å². The van der Waals surface area contributed by atoms with E-state index in [1.54, 1.807) is 4.90 Å². The van der Waals surface area contributed by atoms with Gasteiger partial charge in [0, 0.05) is 19.3 Å². The Hall–Kier alpha value is -2.18. The molecule has 0 atom stereocenters. The highest BCUT2D eigenvalue weighted by molar-refractivity contribution is 9.10. The molecule has 0 saturated carbocycles. The molecule has 1 fully saturated rings. The van der Waals surface area contributed by atoms with Crippen molar-refractivity contribution < 1.29 is 14.3 Å². The fraction of sp³-hybridized carbons (Fsp3) is 0.300. The smallest absolute Gasteiger partial charge is 0.260 e. The predicted molar refractivity (Wildman–Crippen MR) is 105 cm³/mol. The van der Waals surface area contributed by atoms with Gasteiger partial charge in [-0.15, -0.1) is 0 Å². The highest BCUT2D eigenvalue weighted by Gasteiger charge is 2.17. The Morgan fingerprint density at radius 1 is 1.27 bits per heavy atom. The van der Waals surface area contributed by atoms with Crippen molar-refractivity contribution in [3.05, 3.63) is 58.1 Å². The summed E-state index contributed by atoms with van der Waals surface area (Å²) in [5, 5.41) is 0. The molecule has 1 saturated heterocycles. The first kappa shape index (κ1) is 18.6. The first-order valence-electron chi connectivity index (χ1n) is 8.50. The zero-order valence-corrected chi connectivity index (χ0v) is 16.2. The molecule has 0 radical (unpaired) electrons. The van der Waals surface area contributed by atoms with Gasteiger partial charge in [0.05, 0.1) is 23.4 Å².